The molecule has 1 fully saturated rings. The molecule has 0 saturated carbocycles. The van der Waals surface area contributed by atoms with E-state index >= 15 is 0 Å². The Bertz CT molecular complexity index is 971. The zero-order valence-corrected chi connectivity index (χ0v) is 20.7. The standard InChI is InChI=1S/C23H28ClNO3.C4H4O4/c24-20-11-9-19(10-12-20)23(18-6-2-1-3-7-18)28-21-13-16-25(17-14-21)15-5-4-8-22(26)27;5-3(6)1-2-4(7)8/h1-3,6-7,9-12,21,23H,4-5,8,13-17H2,(H,26,27);1-2H,(H,5,6)(H,7,8). The number of carboxylic acids is 3. The van der Waals surface area contributed by atoms with E-state index in [-0.39, 0.29) is 18.6 Å². The average Bonchev–Trinajstić information content (AvgIpc) is 2.86. The number of benzene rings is 2. The molecule has 0 amide bonds. The molecule has 3 N–H and O–H groups in total. The Kier molecular flexibility index (Phi) is 12.7. The zero-order chi connectivity index (χ0) is 26.3. The smallest absolute Gasteiger partial charge is 0.328 e. The van der Waals surface area contributed by atoms with Gasteiger partial charge in [-0.25, -0.2) is 9.59 Å². The summed E-state index contributed by atoms with van der Waals surface area (Å²) >= 11 is 6.06. The number of carboxylic acid groups (broad SMARTS) is 3. The highest BCUT2D eigenvalue weighted by atomic mass is 35.5. The molecule has 0 aromatic heterocycles. The second-order valence-electron chi connectivity index (χ2n) is 8.38. The first kappa shape index (κ1) is 29.0. The lowest BCUT2D eigenvalue weighted by Crippen LogP contribution is -2.38. The van der Waals surface area contributed by atoms with Crippen molar-refractivity contribution in [3.05, 3.63) is 82.9 Å². The number of hydrogen-bond donors (Lipinski definition) is 3. The highest BCUT2D eigenvalue weighted by molar-refractivity contribution is 6.30. The monoisotopic (exact) mass is 517 g/mol. The third-order valence-electron chi connectivity index (χ3n) is 5.62. The number of hydrogen-bond acceptors (Lipinski definition) is 5. The van der Waals surface area contributed by atoms with Crippen LogP contribution in [-0.4, -0.2) is 63.9 Å². The molecule has 2 aromatic rings. The second kappa shape index (κ2) is 15.7. The largest absolute Gasteiger partial charge is 0.481 e. The van der Waals surface area contributed by atoms with Gasteiger partial charge >= 0.3 is 17.9 Å². The number of likely N-dealkylation sites (tertiary alicyclic amines) is 1. The van der Waals surface area contributed by atoms with Gasteiger partial charge < -0.3 is 25.0 Å². The van der Waals surface area contributed by atoms with Crippen molar-refractivity contribution < 1.29 is 34.4 Å². The average molecular weight is 518 g/mol. The van der Waals surface area contributed by atoms with Crippen LogP contribution in [0, 0.1) is 0 Å². The number of piperidine rings is 1. The van der Waals surface area contributed by atoms with Crippen molar-refractivity contribution in [3.8, 4) is 0 Å². The summed E-state index contributed by atoms with van der Waals surface area (Å²) in [5.74, 6) is -3.22. The molecule has 8 nitrogen and oxygen atoms in total. The first-order chi connectivity index (χ1) is 17.2. The second-order valence-corrected chi connectivity index (χ2v) is 8.82. The van der Waals surface area contributed by atoms with Gasteiger partial charge in [0.15, 0.2) is 0 Å². The Morgan fingerprint density at radius 2 is 1.44 bits per heavy atom. The third kappa shape index (κ3) is 11.5. The van der Waals surface area contributed by atoms with Crippen LogP contribution in [0.4, 0.5) is 0 Å². The summed E-state index contributed by atoms with van der Waals surface area (Å²) in [6, 6.07) is 18.2. The minimum absolute atomic E-state index is 0.0921. The minimum atomic E-state index is -1.26. The highest BCUT2D eigenvalue weighted by Crippen LogP contribution is 2.30. The number of unbranched alkanes of at least 4 members (excludes halogenated alkanes) is 1. The molecule has 36 heavy (non-hydrogen) atoms. The maximum atomic E-state index is 10.6. The summed E-state index contributed by atoms with van der Waals surface area (Å²) in [5.41, 5.74) is 2.27. The molecular formula is C27H32ClNO7. The van der Waals surface area contributed by atoms with E-state index in [9.17, 15) is 14.4 Å². The summed E-state index contributed by atoms with van der Waals surface area (Å²) < 4.78 is 6.56. The molecule has 194 valence electrons. The molecule has 1 heterocycles. The van der Waals surface area contributed by atoms with E-state index in [1.165, 1.54) is 0 Å². The van der Waals surface area contributed by atoms with Gasteiger partial charge in [-0.05, 0) is 55.5 Å². The number of rotatable bonds is 11. The third-order valence-corrected chi connectivity index (χ3v) is 5.87. The lowest BCUT2D eigenvalue weighted by atomic mass is 10.00. The number of nitrogens with zero attached hydrogens (tertiary/aromatic N) is 1. The predicted octanol–water partition coefficient (Wildman–Crippen LogP) is 4.88. The molecule has 2 aromatic carbocycles. The minimum Gasteiger partial charge on any atom is -0.481 e. The van der Waals surface area contributed by atoms with Crippen LogP contribution in [0.25, 0.3) is 0 Å². The molecule has 1 saturated heterocycles. The van der Waals surface area contributed by atoms with E-state index in [4.69, 9.17) is 31.7 Å². The Labute approximate surface area is 215 Å². The van der Waals surface area contributed by atoms with E-state index in [1.54, 1.807) is 0 Å². The van der Waals surface area contributed by atoms with E-state index in [2.05, 4.69) is 17.0 Å². The molecule has 9 heteroatoms. The van der Waals surface area contributed by atoms with E-state index in [0.717, 1.165) is 61.5 Å². The van der Waals surface area contributed by atoms with Crippen LogP contribution in [0.15, 0.2) is 66.7 Å². The topological polar surface area (TPSA) is 124 Å². The maximum absolute atomic E-state index is 10.6. The summed E-state index contributed by atoms with van der Waals surface area (Å²) in [5, 5.41) is 25.1. The quantitative estimate of drug-likeness (QED) is 0.284. The van der Waals surface area contributed by atoms with E-state index < -0.39 is 17.9 Å². The van der Waals surface area contributed by atoms with Crippen LogP contribution < -0.4 is 0 Å². The molecule has 1 aliphatic rings. The fourth-order valence-electron chi connectivity index (χ4n) is 3.83. The molecule has 1 unspecified atom stereocenters. The van der Waals surface area contributed by atoms with Gasteiger partial charge in [-0.2, -0.15) is 0 Å². The highest BCUT2D eigenvalue weighted by Gasteiger charge is 2.24. The summed E-state index contributed by atoms with van der Waals surface area (Å²) in [7, 11) is 0. The number of carbonyl (C=O) groups is 3. The molecule has 0 bridgehead atoms. The van der Waals surface area contributed by atoms with Crippen molar-refractivity contribution in [1.29, 1.82) is 0 Å². The fraction of sp³-hybridized carbons (Fsp3) is 0.370. The van der Waals surface area contributed by atoms with Crippen LogP contribution in [0.5, 0.6) is 0 Å². The van der Waals surface area contributed by atoms with Crippen LogP contribution in [0.3, 0.4) is 0 Å². The predicted molar refractivity (Wildman–Crippen MR) is 136 cm³/mol. The van der Waals surface area contributed by atoms with Gasteiger partial charge in [-0.1, -0.05) is 54.1 Å². The lowest BCUT2D eigenvalue weighted by molar-refractivity contribution is -0.137. The van der Waals surface area contributed by atoms with Crippen molar-refractivity contribution in [2.24, 2.45) is 0 Å². The Morgan fingerprint density at radius 1 is 0.889 bits per heavy atom. The molecule has 0 spiro atoms. The zero-order valence-electron chi connectivity index (χ0n) is 20.0. The Hall–Kier alpha value is -3.20. The first-order valence-corrected chi connectivity index (χ1v) is 12.2. The van der Waals surface area contributed by atoms with Crippen molar-refractivity contribution >= 4 is 29.5 Å². The Balaban J connectivity index is 0.000000493. The summed E-state index contributed by atoms with van der Waals surface area (Å²) in [4.78, 5) is 32.1. The van der Waals surface area contributed by atoms with Gasteiger partial charge in [-0.3, -0.25) is 4.79 Å². The van der Waals surface area contributed by atoms with E-state index in [0.29, 0.717) is 12.2 Å². The van der Waals surface area contributed by atoms with Gasteiger partial charge in [0.05, 0.1) is 6.10 Å². The Morgan fingerprint density at radius 3 is 1.97 bits per heavy atom. The van der Waals surface area contributed by atoms with Gasteiger partial charge in [0, 0.05) is 36.7 Å². The molecule has 0 aliphatic carbocycles. The lowest BCUT2D eigenvalue weighted by Gasteiger charge is -2.34. The first-order valence-electron chi connectivity index (χ1n) is 11.8. The van der Waals surface area contributed by atoms with Gasteiger partial charge in [0.25, 0.3) is 0 Å². The maximum Gasteiger partial charge on any atom is 0.328 e. The SMILES string of the molecule is O=C(O)C=CC(=O)O.O=C(O)CCCCN1CCC(OC(c2ccccc2)c2ccc(Cl)cc2)CC1. The fourth-order valence-corrected chi connectivity index (χ4v) is 3.96. The van der Waals surface area contributed by atoms with Crippen molar-refractivity contribution in [2.75, 3.05) is 19.6 Å². The molecular weight excluding hydrogens is 486 g/mol. The van der Waals surface area contributed by atoms with Gasteiger partial charge in [0.2, 0.25) is 0 Å². The number of halogens is 1. The van der Waals surface area contributed by atoms with E-state index in [1.807, 2.05) is 42.5 Å². The van der Waals surface area contributed by atoms with Crippen molar-refractivity contribution in [3.63, 3.8) is 0 Å². The van der Waals surface area contributed by atoms with Gasteiger partial charge in [-0.15, -0.1) is 0 Å². The van der Waals surface area contributed by atoms with Crippen LogP contribution in [0.1, 0.15) is 49.3 Å². The molecule has 0 radical (unpaired) electrons. The molecule has 1 aliphatic heterocycles. The normalized spacial score (nSPS) is 15.1. The number of ether oxygens (including phenoxy) is 1. The molecule has 3 rings (SSSR count). The van der Waals surface area contributed by atoms with Crippen molar-refractivity contribution in [1.82, 2.24) is 4.90 Å². The van der Waals surface area contributed by atoms with Crippen LogP contribution in [-0.2, 0) is 19.1 Å². The molecule has 1 atom stereocenters. The number of aliphatic carboxylic acids is 3. The van der Waals surface area contributed by atoms with Crippen LogP contribution >= 0.6 is 11.6 Å². The van der Waals surface area contributed by atoms with Crippen LogP contribution in [0.2, 0.25) is 5.02 Å². The van der Waals surface area contributed by atoms with Gasteiger partial charge in [0.1, 0.15) is 6.10 Å². The summed E-state index contributed by atoms with van der Waals surface area (Å²) in [6.45, 7) is 2.97. The van der Waals surface area contributed by atoms with Crippen molar-refractivity contribution in [2.45, 2.75) is 44.3 Å². The summed E-state index contributed by atoms with van der Waals surface area (Å²) in [6.07, 6.45) is 5.19.